The number of rotatable bonds is 6. The van der Waals surface area contributed by atoms with Gasteiger partial charge >= 0.3 is 5.97 Å². The van der Waals surface area contributed by atoms with Gasteiger partial charge in [0.15, 0.2) is 5.11 Å². The summed E-state index contributed by atoms with van der Waals surface area (Å²) in [5.74, 6) is -0.461. The molecule has 9 heteroatoms. The minimum Gasteiger partial charge on any atom is -0.462 e. The summed E-state index contributed by atoms with van der Waals surface area (Å²) in [7, 11) is 0. The van der Waals surface area contributed by atoms with Gasteiger partial charge in [-0.1, -0.05) is 36.4 Å². The molecule has 0 aliphatic heterocycles. The van der Waals surface area contributed by atoms with Crippen molar-refractivity contribution in [3.8, 4) is 11.1 Å². The summed E-state index contributed by atoms with van der Waals surface area (Å²) in [6.45, 7) is 5.68. The third-order valence-corrected chi connectivity index (χ3v) is 5.68. The lowest BCUT2D eigenvalue weighted by Gasteiger charge is -2.12. The zero-order valence-corrected chi connectivity index (χ0v) is 18.9. The highest BCUT2D eigenvalue weighted by molar-refractivity contribution is 7.80. The lowest BCUT2D eigenvalue weighted by atomic mass is 10.0. The highest BCUT2D eigenvalue weighted by Crippen LogP contribution is 2.40. The van der Waals surface area contributed by atoms with Gasteiger partial charge in [0.05, 0.1) is 11.5 Å². The van der Waals surface area contributed by atoms with Crippen LogP contribution < -0.4 is 10.6 Å². The maximum absolute atomic E-state index is 12.8. The fourth-order valence-corrected chi connectivity index (χ4v) is 4.48. The number of ether oxygens (including phenoxy) is 1. The second kappa shape index (κ2) is 9.67. The fraction of sp³-hybridized carbons (Fsp3) is 0.182. The third kappa shape index (κ3) is 5.07. The molecule has 0 radical (unpaired) electrons. The normalized spacial score (nSPS) is 10.4. The number of nitro benzene ring substituents is 1. The van der Waals surface area contributed by atoms with Crippen molar-refractivity contribution in [2.24, 2.45) is 0 Å². The standard InChI is InChI=1S/C22H21N3O4S2/c1-4-29-21(26)19-18(15-8-6-5-7-9-15)14(3)31-20(19)24-22(30)23-16-11-10-13(2)12-17(16)25(27)28/h5-12H,4H2,1-3H3,(H2,23,24,30). The lowest BCUT2D eigenvalue weighted by molar-refractivity contribution is -0.383. The lowest BCUT2D eigenvalue weighted by Crippen LogP contribution is -2.21. The van der Waals surface area contributed by atoms with Crippen LogP contribution in [-0.2, 0) is 4.74 Å². The second-order valence-electron chi connectivity index (χ2n) is 6.68. The zero-order valence-electron chi connectivity index (χ0n) is 17.2. The van der Waals surface area contributed by atoms with Crippen LogP contribution in [-0.4, -0.2) is 22.6 Å². The van der Waals surface area contributed by atoms with Crippen LogP contribution in [0.2, 0.25) is 0 Å². The Bertz CT molecular complexity index is 1140. The number of carbonyl (C=O) groups excluding carboxylic acids is 1. The molecule has 0 fully saturated rings. The number of esters is 1. The number of hydrogen-bond acceptors (Lipinski definition) is 6. The minimum atomic E-state index is -0.467. The predicted octanol–water partition coefficient (Wildman–Crippen LogP) is 5.93. The number of carbonyl (C=O) groups is 1. The number of nitrogens with one attached hydrogen (secondary N) is 2. The van der Waals surface area contributed by atoms with Gasteiger partial charge in [-0.3, -0.25) is 10.1 Å². The molecule has 31 heavy (non-hydrogen) atoms. The fourth-order valence-electron chi connectivity index (χ4n) is 3.14. The Morgan fingerprint density at radius 3 is 2.52 bits per heavy atom. The maximum atomic E-state index is 12.8. The van der Waals surface area contributed by atoms with E-state index in [0.29, 0.717) is 10.6 Å². The number of thiophene rings is 1. The van der Waals surface area contributed by atoms with E-state index in [9.17, 15) is 14.9 Å². The number of nitro groups is 1. The third-order valence-electron chi connectivity index (χ3n) is 4.45. The van der Waals surface area contributed by atoms with Gasteiger partial charge in [-0.05, 0) is 50.2 Å². The van der Waals surface area contributed by atoms with Gasteiger partial charge in [0.2, 0.25) is 0 Å². The molecule has 0 aliphatic rings. The molecule has 0 atom stereocenters. The molecule has 3 aromatic rings. The molecule has 0 spiro atoms. The first-order valence-corrected chi connectivity index (χ1v) is 10.7. The highest BCUT2D eigenvalue weighted by Gasteiger charge is 2.25. The average Bonchev–Trinajstić information content (AvgIpc) is 3.05. The van der Waals surface area contributed by atoms with Crippen LogP contribution in [0.1, 0.15) is 27.7 Å². The Balaban J connectivity index is 1.96. The van der Waals surface area contributed by atoms with Crippen LogP contribution in [0.25, 0.3) is 11.1 Å². The summed E-state index contributed by atoms with van der Waals surface area (Å²) in [5, 5.41) is 17.9. The molecular formula is C22H21N3O4S2. The zero-order chi connectivity index (χ0) is 22.5. The Morgan fingerprint density at radius 1 is 1.16 bits per heavy atom. The van der Waals surface area contributed by atoms with E-state index >= 15 is 0 Å². The van der Waals surface area contributed by atoms with E-state index in [2.05, 4.69) is 10.6 Å². The van der Waals surface area contributed by atoms with Crippen molar-refractivity contribution in [2.75, 3.05) is 17.2 Å². The molecule has 2 aromatic carbocycles. The van der Waals surface area contributed by atoms with Crippen molar-refractivity contribution in [3.05, 3.63) is 74.6 Å². The van der Waals surface area contributed by atoms with Crippen molar-refractivity contribution in [2.45, 2.75) is 20.8 Å². The van der Waals surface area contributed by atoms with E-state index in [0.717, 1.165) is 21.6 Å². The summed E-state index contributed by atoms with van der Waals surface area (Å²) in [6.07, 6.45) is 0. The van der Waals surface area contributed by atoms with Crippen molar-refractivity contribution in [3.63, 3.8) is 0 Å². The Morgan fingerprint density at radius 2 is 1.87 bits per heavy atom. The van der Waals surface area contributed by atoms with Gasteiger partial charge < -0.3 is 15.4 Å². The van der Waals surface area contributed by atoms with E-state index in [4.69, 9.17) is 17.0 Å². The van der Waals surface area contributed by atoms with Crippen LogP contribution in [0.3, 0.4) is 0 Å². The van der Waals surface area contributed by atoms with Crippen LogP contribution >= 0.6 is 23.6 Å². The van der Waals surface area contributed by atoms with Crippen molar-refractivity contribution in [1.82, 2.24) is 0 Å². The largest absolute Gasteiger partial charge is 0.462 e. The molecule has 7 nitrogen and oxygen atoms in total. The van der Waals surface area contributed by atoms with Crippen molar-refractivity contribution < 1.29 is 14.5 Å². The summed E-state index contributed by atoms with van der Waals surface area (Å²) in [4.78, 5) is 24.6. The van der Waals surface area contributed by atoms with Crippen molar-refractivity contribution in [1.29, 1.82) is 0 Å². The van der Waals surface area contributed by atoms with Crippen LogP contribution in [0.4, 0.5) is 16.4 Å². The van der Waals surface area contributed by atoms with Gasteiger partial charge in [-0.2, -0.15) is 0 Å². The molecule has 3 rings (SSSR count). The monoisotopic (exact) mass is 455 g/mol. The molecule has 1 aromatic heterocycles. The smallest absolute Gasteiger partial charge is 0.341 e. The topological polar surface area (TPSA) is 93.5 Å². The molecule has 0 bridgehead atoms. The average molecular weight is 456 g/mol. The highest BCUT2D eigenvalue weighted by atomic mass is 32.1. The van der Waals surface area contributed by atoms with Crippen molar-refractivity contribution >= 4 is 51.0 Å². The van der Waals surface area contributed by atoms with Gasteiger partial charge in [0, 0.05) is 16.5 Å². The number of aryl methyl sites for hydroxylation is 2. The first-order chi connectivity index (χ1) is 14.8. The molecule has 0 saturated carbocycles. The predicted molar refractivity (Wildman–Crippen MR) is 128 cm³/mol. The SMILES string of the molecule is CCOC(=O)c1c(NC(=S)Nc2ccc(C)cc2[N+](=O)[O-])sc(C)c1-c1ccccc1. The molecule has 0 saturated heterocycles. The summed E-state index contributed by atoms with van der Waals surface area (Å²) >= 11 is 6.76. The summed E-state index contributed by atoms with van der Waals surface area (Å²) < 4.78 is 5.28. The first kappa shape index (κ1) is 22.4. The van der Waals surface area contributed by atoms with Crippen LogP contribution in [0.15, 0.2) is 48.5 Å². The molecule has 0 amide bonds. The van der Waals surface area contributed by atoms with E-state index in [1.54, 1.807) is 26.0 Å². The van der Waals surface area contributed by atoms with Crippen LogP contribution in [0, 0.1) is 24.0 Å². The Kier molecular flexibility index (Phi) is 6.98. The van der Waals surface area contributed by atoms with E-state index in [-0.39, 0.29) is 23.1 Å². The number of hydrogen-bond donors (Lipinski definition) is 2. The number of thiocarbonyl (C=S) groups is 1. The van der Waals surface area contributed by atoms with Crippen LogP contribution in [0.5, 0.6) is 0 Å². The van der Waals surface area contributed by atoms with Gasteiger partial charge in [0.1, 0.15) is 16.3 Å². The molecule has 2 N–H and O–H groups in total. The summed E-state index contributed by atoms with van der Waals surface area (Å²) in [5.41, 5.74) is 3.00. The Labute approximate surface area is 189 Å². The van der Waals surface area contributed by atoms with E-state index in [1.165, 1.54) is 17.4 Å². The molecule has 160 valence electrons. The van der Waals surface area contributed by atoms with Gasteiger partial charge in [-0.25, -0.2) is 4.79 Å². The first-order valence-electron chi connectivity index (χ1n) is 9.50. The number of nitrogens with zero attached hydrogens (tertiary/aromatic N) is 1. The summed E-state index contributed by atoms with van der Waals surface area (Å²) in [6, 6.07) is 14.4. The van der Waals surface area contributed by atoms with E-state index in [1.807, 2.05) is 37.3 Å². The quantitative estimate of drug-likeness (QED) is 0.206. The van der Waals surface area contributed by atoms with Gasteiger partial charge in [-0.15, -0.1) is 11.3 Å². The van der Waals surface area contributed by atoms with E-state index < -0.39 is 10.9 Å². The number of anilines is 2. The maximum Gasteiger partial charge on any atom is 0.341 e. The second-order valence-corrected chi connectivity index (χ2v) is 8.31. The molecule has 1 heterocycles. The number of benzene rings is 2. The molecular weight excluding hydrogens is 434 g/mol. The minimum absolute atomic E-state index is 0.0814. The van der Waals surface area contributed by atoms with Gasteiger partial charge in [0.25, 0.3) is 5.69 Å². The molecule has 0 aliphatic carbocycles. The molecule has 0 unspecified atom stereocenters. The Hall–Kier alpha value is -3.30.